The highest BCUT2D eigenvalue weighted by atomic mass is 32.2. The van der Waals surface area contributed by atoms with Gasteiger partial charge in [-0.25, -0.2) is 8.42 Å². The number of sulfone groups is 1. The third-order valence-corrected chi connectivity index (χ3v) is 1.73. The average molecular weight is 170 g/mol. The monoisotopic (exact) mass is 170 g/mol. The Morgan fingerprint density at radius 1 is 1.55 bits per heavy atom. The second-order valence-corrected chi connectivity index (χ2v) is 4.13. The first-order valence-corrected chi connectivity index (χ1v) is 4.98. The minimum Gasteiger partial charge on any atom is -0.264 e. The van der Waals surface area contributed by atoms with Crippen LogP contribution in [0.15, 0.2) is 24.5 Å². The fourth-order valence-corrected chi connectivity index (χ4v) is 1.33. The summed E-state index contributed by atoms with van der Waals surface area (Å²) in [4.78, 5) is 3.77. The highest BCUT2D eigenvalue weighted by molar-refractivity contribution is 7.92. The van der Waals surface area contributed by atoms with Crippen molar-refractivity contribution >= 4 is 9.84 Å². The van der Waals surface area contributed by atoms with Crippen molar-refractivity contribution in [2.75, 3.05) is 6.26 Å². The van der Waals surface area contributed by atoms with Gasteiger partial charge in [0.25, 0.3) is 0 Å². The van der Waals surface area contributed by atoms with Gasteiger partial charge in [0, 0.05) is 18.6 Å². The van der Waals surface area contributed by atoms with Gasteiger partial charge in [-0.1, -0.05) is 6.07 Å². The molecule has 1 heterocycles. The zero-order chi connectivity index (χ0) is 8.32. The van der Waals surface area contributed by atoms with E-state index in [-0.39, 0.29) is 0 Å². The van der Waals surface area contributed by atoms with Crippen LogP contribution in [0.25, 0.3) is 0 Å². The second-order valence-electron chi connectivity index (χ2n) is 2.23. The largest absolute Gasteiger partial charge is 0.264 e. The van der Waals surface area contributed by atoms with E-state index in [4.69, 9.17) is 0 Å². The number of aromatic nitrogens is 1. The molecule has 0 amide bonds. The Bertz CT molecular complexity index is 318. The number of nitrogens with zero attached hydrogens (tertiary/aromatic N) is 1. The molecule has 59 valence electrons. The van der Waals surface area contributed by atoms with Crippen LogP contribution in [0.4, 0.5) is 0 Å². The summed E-state index contributed by atoms with van der Waals surface area (Å²) in [6.45, 7) is 0. The van der Waals surface area contributed by atoms with Crippen LogP contribution < -0.4 is 0 Å². The van der Waals surface area contributed by atoms with Gasteiger partial charge in [-0.3, -0.25) is 4.98 Å². The van der Waals surface area contributed by atoms with Gasteiger partial charge in [0.1, 0.15) is 5.75 Å². The Morgan fingerprint density at radius 2 is 2.27 bits per heavy atom. The van der Waals surface area contributed by atoms with E-state index >= 15 is 0 Å². The second kappa shape index (κ2) is 3.00. The Morgan fingerprint density at radius 3 is 2.73 bits per heavy atom. The molecule has 11 heavy (non-hydrogen) atoms. The van der Waals surface area contributed by atoms with Crippen molar-refractivity contribution in [1.82, 2.24) is 4.98 Å². The molecule has 0 aliphatic carbocycles. The smallest absolute Gasteiger partial charge is 0.156 e. The SMILES string of the molecule is CS(=O)(=O)[CH]c1cccnc1. The molecule has 1 aromatic rings. The van der Waals surface area contributed by atoms with E-state index in [1.54, 1.807) is 18.3 Å². The van der Waals surface area contributed by atoms with Crippen molar-refractivity contribution in [1.29, 1.82) is 0 Å². The van der Waals surface area contributed by atoms with Crippen LogP contribution in [0.2, 0.25) is 0 Å². The molecular formula is C7H8NO2S. The predicted molar refractivity (Wildman–Crippen MR) is 42.5 cm³/mol. The summed E-state index contributed by atoms with van der Waals surface area (Å²) >= 11 is 0. The molecule has 0 atom stereocenters. The summed E-state index contributed by atoms with van der Waals surface area (Å²) in [6.07, 6.45) is 4.25. The zero-order valence-electron chi connectivity index (χ0n) is 6.06. The minimum absolute atomic E-state index is 0.606. The molecule has 1 radical (unpaired) electrons. The van der Waals surface area contributed by atoms with Crippen LogP contribution in [-0.2, 0) is 9.84 Å². The van der Waals surface area contributed by atoms with E-state index in [0.29, 0.717) is 5.56 Å². The molecule has 0 fully saturated rings. The Hall–Kier alpha value is -0.900. The fourth-order valence-electron chi connectivity index (χ4n) is 0.693. The van der Waals surface area contributed by atoms with E-state index < -0.39 is 9.84 Å². The van der Waals surface area contributed by atoms with E-state index in [1.165, 1.54) is 11.9 Å². The van der Waals surface area contributed by atoms with Gasteiger partial charge >= 0.3 is 0 Å². The van der Waals surface area contributed by atoms with Crippen molar-refractivity contribution in [2.24, 2.45) is 0 Å². The van der Waals surface area contributed by atoms with Gasteiger partial charge in [0.05, 0.1) is 0 Å². The maximum atomic E-state index is 10.7. The number of rotatable bonds is 2. The molecule has 0 saturated carbocycles. The fraction of sp³-hybridized carbons (Fsp3) is 0.143. The van der Waals surface area contributed by atoms with Crippen LogP contribution >= 0.6 is 0 Å². The average Bonchev–Trinajstić information content (AvgIpc) is 1.85. The van der Waals surface area contributed by atoms with Gasteiger partial charge in [0.15, 0.2) is 9.84 Å². The summed E-state index contributed by atoms with van der Waals surface area (Å²) in [5.41, 5.74) is 0.606. The molecule has 0 aliphatic rings. The first-order chi connectivity index (χ1) is 5.08. The lowest BCUT2D eigenvalue weighted by molar-refractivity contribution is 0.608. The molecular weight excluding hydrogens is 162 g/mol. The van der Waals surface area contributed by atoms with Crippen LogP contribution in [-0.4, -0.2) is 19.7 Å². The zero-order valence-corrected chi connectivity index (χ0v) is 6.88. The summed E-state index contributed by atoms with van der Waals surface area (Å²) in [5, 5.41) is 0. The lowest BCUT2D eigenvalue weighted by atomic mass is 10.3. The molecule has 0 bridgehead atoms. The van der Waals surface area contributed by atoms with Gasteiger partial charge in [-0.15, -0.1) is 0 Å². The molecule has 1 rings (SSSR count). The Balaban J connectivity index is 2.82. The summed E-state index contributed by atoms with van der Waals surface area (Å²) < 4.78 is 21.4. The molecule has 0 aliphatic heterocycles. The Kier molecular flexibility index (Phi) is 2.24. The van der Waals surface area contributed by atoms with Gasteiger partial charge in [-0.2, -0.15) is 0 Å². The highest BCUT2D eigenvalue weighted by Gasteiger charge is 2.03. The van der Waals surface area contributed by atoms with Gasteiger partial charge < -0.3 is 0 Å². The first kappa shape index (κ1) is 8.20. The van der Waals surface area contributed by atoms with E-state index in [2.05, 4.69) is 4.98 Å². The lowest BCUT2D eigenvalue weighted by Crippen LogP contribution is -1.97. The molecule has 3 nitrogen and oxygen atoms in total. The topological polar surface area (TPSA) is 47.0 Å². The highest BCUT2D eigenvalue weighted by Crippen LogP contribution is 2.03. The van der Waals surface area contributed by atoms with Gasteiger partial charge in [0.2, 0.25) is 0 Å². The van der Waals surface area contributed by atoms with Crippen LogP contribution in [0.3, 0.4) is 0 Å². The molecule has 0 aromatic carbocycles. The van der Waals surface area contributed by atoms with Crippen molar-refractivity contribution in [2.45, 2.75) is 0 Å². The summed E-state index contributed by atoms with van der Waals surface area (Å²) in [7, 11) is -3.04. The van der Waals surface area contributed by atoms with Crippen LogP contribution in [0.1, 0.15) is 5.56 Å². The number of hydrogen-bond donors (Lipinski definition) is 0. The quantitative estimate of drug-likeness (QED) is 0.654. The van der Waals surface area contributed by atoms with E-state index in [9.17, 15) is 8.42 Å². The van der Waals surface area contributed by atoms with E-state index in [0.717, 1.165) is 6.26 Å². The van der Waals surface area contributed by atoms with Crippen LogP contribution in [0.5, 0.6) is 0 Å². The normalized spacial score (nSPS) is 11.4. The summed E-state index contributed by atoms with van der Waals surface area (Å²) in [5.74, 6) is 1.18. The van der Waals surface area contributed by atoms with Crippen molar-refractivity contribution in [3.05, 3.63) is 35.8 Å². The molecule has 0 unspecified atom stereocenters. The molecule has 0 N–H and O–H groups in total. The van der Waals surface area contributed by atoms with Crippen LogP contribution in [0, 0.1) is 5.75 Å². The first-order valence-electron chi connectivity index (χ1n) is 3.03. The maximum Gasteiger partial charge on any atom is 0.156 e. The van der Waals surface area contributed by atoms with Crippen molar-refractivity contribution < 1.29 is 8.42 Å². The molecule has 4 heteroatoms. The van der Waals surface area contributed by atoms with Crippen molar-refractivity contribution in [3.8, 4) is 0 Å². The molecule has 0 spiro atoms. The third-order valence-electron chi connectivity index (χ3n) is 1.03. The standard InChI is InChI=1S/C7H8NO2S/c1-11(9,10)6-7-3-2-4-8-5-7/h2-6H,1H3. The summed E-state index contributed by atoms with van der Waals surface area (Å²) in [6, 6.07) is 3.38. The third kappa shape index (κ3) is 3.13. The lowest BCUT2D eigenvalue weighted by Gasteiger charge is -1.94. The van der Waals surface area contributed by atoms with E-state index in [1.807, 2.05) is 0 Å². The maximum absolute atomic E-state index is 10.7. The minimum atomic E-state index is -3.04. The molecule has 0 saturated heterocycles. The molecule has 1 aromatic heterocycles. The number of pyridine rings is 1. The number of hydrogen-bond acceptors (Lipinski definition) is 3. The van der Waals surface area contributed by atoms with Gasteiger partial charge in [-0.05, 0) is 11.6 Å². The Labute approximate surface area is 66.0 Å². The predicted octanol–water partition coefficient (Wildman–Crippen LogP) is 0.636. The van der Waals surface area contributed by atoms with Crippen molar-refractivity contribution in [3.63, 3.8) is 0 Å².